The zero-order valence-corrected chi connectivity index (χ0v) is 21.0. The molecule has 0 unspecified atom stereocenters. The molecular weight excluding hydrogens is 474 g/mol. The molecule has 0 fully saturated rings. The molecule has 0 aliphatic heterocycles. The van der Waals surface area contributed by atoms with Crippen LogP contribution >= 0.6 is 0 Å². The fraction of sp³-hybridized carbons (Fsp3) is 0.107. The number of carbonyl (C=O) groups excluding carboxylic acids is 1. The average molecular weight is 502 g/mol. The lowest BCUT2D eigenvalue weighted by molar-refractivity contribution is -0.124. The normalized spacial score (nSPS) is 11.8. The van der Waals surface area contributed by atoms with Gasteiger partial charge in [-0.3, -0.25) is 14.3 Å². The van der Waals surface area contributed by atoms with E-state index < -0.39 is 15.9 Å². The summed E-state index contributed by atoms with van der Waals surface area (Å²) < 4.78 is 28.8. The second-order valence-corrected chi connectivity index (χ2v) is 10.4. The summed E-state index contributed by atoms with van der Waals surface area (Å²) in [6.07, 6.45) is 1.27. The molecule has 7 nitrogen and oxygen atoms in total. The van der Waals surface area contributed by atoms with Crippen LogP contribution in [0.4, 0.5) is 11.4 Å². The van der Waals surface area contributed by atoms with E-state index in [-0.39, 0.29) is 4.90 Å². The minimum Gasteiger partial charge on any atom is -0.377 e. The van der Waals surface area contributed by atoms with Gasteiger partial charge in [-0.05, 0) is 41.0 Å². The van der Waals surface area contributed by atoms with Crippen LogP contribution < -0.4 is 14.7 Å². The molecule has 36 heavy (non-hydrogen) atoms. The lowest BCUT2D eigenvalue weighted by Gasteiger charge is -2.23. The van der Waals surface area contributed by atoms with Gasteiger partial charge in [-0.2, -0.15) is 0 Å². The molecule has 2 N–H and O–H groups in total. The summed E-state index contributed by atoms with van der Waals surface area (Å²) >= 11 is 0. The first-order valence-corrected chi connectivity index (χ1v) is 12.7. The van der Waals surface area contributed by atoms with Crippen LogP contribution in [-0.2, 0) is 14.8 Å². The first-order chi connectivity index (χ1) is 17.2. The van der Waals surface area contributed by atoms with Crippen LogP contribution in [0.15, 0.2) is 102 Å². The summed E-state index contributed by atoms with van der Waals surface area (Å²) in [6, 6.07) is 27.0. The molecular formula is C28H27N3O4S. The van der Waals surface area contributed by atoms with Gasteiger partial charge in [0.1, 0.15) is 0 Å². The smallest absolute Gasteiger partial charge is 0.267 e. The molecule has 0 saturated heterocycles. The number of hydrogen-bond donors (Lipinski definition) is 2. The van der Waals surface area contributed by atoms with E-state index in [2.05, 4.69) is 0 Å². The second-order valence-electron chi connectivity index (χ2n) is 8.45. The van der Waals surface area contributed by atoms with Crippen LogP contribution in [0.5, 0.6) is 0 Å². The Hall–Kier alpha value is -4.14. The molecule has 184 valence electrons. The molecule has 0 aliphatic carbocycles. The molecule has 0 aromatic heterocycles. The Labute approximate surface area is 210 Å². The molecule has 0 heterocycles. The highest BCUT2D eigenvalue weighted by Gasteiger charge is 2.24. The fourth-order valence-corrected chi connectivity index (χ4v) is 5.54. The Morgan fingerprint density at radius 3 is 2.14 bits per heavy atom. The molecule has 4 aromatic carbocycles. The van der Waals surface area contributed by atoms with Crippen molar-refractivity contribution in [3.63, 3.8) is 0 Å². The van der Waals surface area contributed by atoms with E-state index in [0.29, 0.717) is 22.2 Å². The molecule has 0 radical (unpaired) electrons. The number of fused-ring (bicyclic) bond motifs is 1. The number of sulfonamides is 1. The number of nitrogens with zero attached hydrogens (tertiary/aromatic N) is 2. The van der Waals surface area contributed by atoms with Gasteiger partial charge in [-0.25, -0.2) is 13.9 Å². The van der Waals surface area contributed by atoms with Crippen LogP contribution in [0.1, 0.15) is 11.1 Å². The Kier molecular flexibility index (Phi) is 7.10. The summed E-state index contributed by atoms with van der Waals surface area (Å²) in [5, 5.41) is 10.5. The number of hydroxylamine groups is 1. The lowest BCUT2D eigenvalue weighted by atomic mass is 9.97. The van der Waals surface area contributed by atoms with E-state index in [4.69, 9.17) is 5.21 Å². The van der Waals surface area contributed by atoms with Crippen molar-refractivity contribution in [1.29, 1.82) is 0 Å². The van der Waals surface area contributed by atoms with Crippen LogP contribution in [0.3, 0.4) is 0 Å². The van der Waals surface area contributed by atoms with E-state index in [1.807, 2.05) is 73.6 Å². The number of carbonyl (C=O) groups is 1. The minimum atomic E-state index is -3.92. The van der Waals surface area contributed by atoms with Gasteiger partial charge in [0.25, 0.3) is 15.9 Å². The second kappa shape index (κ2) is 10.2. The number of benzene rings is 4. The van der Waals surface area contributed by atoms with Gasteiger partial charge < -0.3 is 4.90 Å². The van der Waals surface area contributed by atoms with E-state index in [1.54, 1.807) is 41.9 Å². The van der Waals surface area contributed by atoms with Crippen molar-refractivity contribution in [3.05, 3.63) is 108 Å². The average Bonchev–Trinajstić information content (AvgIpc) is 2.90. The molecule has 0 aliphatic rings. The number of anilines is 2. The minimum absolute atomic E-state index is 0.204. The van der Waals surface area contributed by atoms with Gasteiger partial charge in [0.05, 0.1) is 10.6 Å². The lowest BCUT2D eigenvalue weighted by Crippen LogP contribution is -2.27. The maximum atomic E-state index is 13.8. The topological polar surface area (TPSA) is 90.0 Å². The van der Waals surface area contributed by atoms with Crippen LogP contribution in [-0.4, -0.2) is 40.7 Å². The molecule has 0 spiro atoms. The van der Waals surface area contributed by atoms with E-state index >= 15 is 0 Å². The van der Waals surface area contributed by atoms with Crippen LogP contribution in [0.25, 0.3) is 16.3 Å². The highest BCUT2D eigenvalue weighted by Crippen LogP contribution is 2.34. The largest absolute Gasteiger partial charge is 0.377 e. The zero-order chi connectivity index (χ0) is 25.9. The molecule has 1 amide bonds. The highest BCUT2D eigenvalue weighted by molar-refractivity contribution is 7.93. The van der Waals surface area contributed by atoms with Gasteiger partial charge in [0, 0.05) is 43.7 Å². The molecule has 4 aromatic rings. The third-order valence-electron chi connectivity index (χ3n) is 5.97. The Bertz CT molecular complexity index is 1550. The summed E-state index contributed by atoms with van der Waals surface area (Å²) in [5.41, 5.74) is 4.88. The van der Waals surface area contributed by atoms with Crippen molar-refractivity contribution < 1.29 is 18.4 Å². The van der Waals surface area contributed by atoms with Gasteiger partial charge in [-0.1, -0.05) is 66.7 Å². The van der Waals surface area contributed by atoms with Crippen LogP contribution in [0.2, 0.25) is 0 Å². The molecule has 8 heteroatoms. The quantitative estimate of drug-likeness (QED) is 0.218. The Balaban J connectivity index is 1.81. The van der Waals surface area contributed by atoms with Crippen molar-refractivity contribution in [1.82, 2.24) is 5.48 Å². The van der Waals surface area contributed by atoms with Gasteiger partial charge in [-0.15, -0.1) is 0 Å². The Morgan fingerprint density at radius 2 is 1.44 bits per heavy atom. The monoisotopic (exact) mass is 501 g/mol. The highest BCUT2D eigenvalue weighted by atomic mass is 32.2. The van der Waals surface area contributed by atoms with E-state index in [9.17, 15) is 13.2 Å². The number of rotatable bonds is 7. The van der Waals surface area contributed by atoms with Crippen molar-refractivity contribution in [2.45, 2.75) is 4.90 Å². The molecule has 0 bridgehead atoms. The number of nitrogens with one attached hydrogen (secondary N) is 1. The zero-order valence-electron chi connectivity index (χ0n) is 20.2. The number of hydrogen-bond acceptors (Lipinski definition) is 5. The summed E-state index contributed by atoms with van der Waals surface area (Å²) in [7, 11) is 1.43. The van der Waals surface area contributed by atoms with Crippen molar-refractivity contribution in [2.75, 3.05) is 30.3 Å². The molecule has 0 atom stereocenters. The predicted octanol–water partition coefficient (Wildman–Crippen LogP) is 4.67. The first kappa shape index (κ1) is 25.0. The Morgan fingerprint density at radius 1 is 0.806 bits per heavy atom. The van der Waals surface area contributed by atoms with E-state index in [1.165, 1.54) is 17.4 Å². The van der Waals surface area contributed by atoms with Gasteiger partial charge in [0.15, 0.2) is 0 Å². The fourth-order valence-electron chi connectivity index (χ4n) is 4.15. The first-order valence-electron chi connectivity index (χ1n) is 11.2. The van der Waals surface area contributed by atoms with Gasteiger partial charge in [0.2, 0.25) is 0 Å². The standard InChI is InChI=1S/C28H27N3O4S/c1-30(2)26-16-8-15-24-23(26)14-9-17-27(24)36(34,35)31(3)22-13-7-12-21(18-22)25(19-28(32)29-33)20-10-5-4-6-11-20/h4-19,33H,1-3H3,(H,29,32). The maximum absolute atomic E-state index is 13.8. The third kappa shape index (κ3) is 4.82. The summed E-state index contributed by atoms with van der Waals surface area (Å²) in [5.74, 6) is -0.687. The number of amides is 1. The summed E-state index contributed by atoms with van der Waals surface area (Å²) in [4.78, 5) is 14.1. The van der Waals surface area contributed by atoms with Crippen molar-refractivity contribution in [3.8, 4) is 0 Å². The molecule has 4 rings (SSSR count). The predicted molar refractivity (Wildman–Crippen MR) is 144 cm³/mol. The van der Waals surface area contributed by atoms with E-state index in [0.717, 1.165) is 16.6 Å². The molecule has 0 saturated carbocycles. The van der Waals surface area contributed by atoms with Crippen molar-refractivity contribution in [2.24, 2.45) is 0 Å². The third-order valence-corrected chi connectivity index (χ3v) is 7.81. The summed E-state index contributed by atoms with van der Waals surface area (Å²) in [6.45, 7) is 0. The van der Waals surface area contributed by atoms with Gasteiger partial charge >= 0.3 is 0 Å². The van der Waals surface area contributed by atoms with Crippen LogP contribution in [0, 0.1) is 0 Å². The SMILES string of the molecule is CN(C)c1cccc2c(S(=O)(=O)N(C)c3cccc(C(=CC(=O)NO)c4ccccc4)c3)cccc12. The maximum Gasteiger partial charge on any atom is 0.267 e. The van der Waals surface area contributed by atoms with Crippen molar-refractivity contribution >= 4 is 43.7 Å².